The van der Waals surface area contributed by atoms with Crippen LogP contribution in [0.3, 0.4) is 0 Å². The van der Waals surface area contributed by atoms with Gasteiger partial charge in [0.2, 0.25) is 12.1 Å². The molecule has 12 nitrogen and oxygen atoms in total. The molecule has 7 N–H and O–H groups in total. The molecule has 4 rings (SSSR count). The molecule has 0 unspecified atom stereocenters. The van der Waals surface area contributed by atoms with Gasteiger partial charge in [-0.05, 0) is 58.1 Å². The number of unbranched alkanes of at least 4 members (excludes halogenated alkanes) is 9. The fraction of sp³-hybridized carbons (Fsp3) is 0.765. The Balaban J connectivity index is 1.28. The molecule has 0 bridgehead atoms. The zero-order valence-electron chi connectivity index (χ0n) is 27.9. The SMILES string of the molecule is CCCCCCCCCCCCNC(=O)c1ccc(C(=O)N[C@@H]2C[C@@H](C)O[C@H]3O[C@@H]4[C@@H](O)[C@H](NC)[C@H](O)[C@H](NC)[C@H]4O[C@]32O)cc1. The lowest BCUT2D eigenvalue weighted by Crippen LogP contribution is -2.79. The Hall–Kier alpha value is -2.16. The predicted octanol–water partition coefficient (Wildman–Crippen LogP) is 1.95. The van der Waals surface area contributed by atoms with E-state index in [1.807, 2.05) is 0 Å². The van der Waals surface area contributed by atoms with E-state index in [1.165, 1.54) is 51.4 Å². The quantitative estimate of drug-likeness (QED) is 0.132. The van der Waals surface area contributed by atoms with E-state index in [1.54, 1.807) is 45.3 Å². The fourth-order valence-electron chi connectivity index (χ4n) is 6.95. The molecule has 46 heavy (non-hydrogen) atoms. The van der Waals surface area contributed by atoms with E-state index in [-0.39, 0.29) is 12.3 Å². The van der Waals surface area contributed by atoms with E-state index >= 15 is 0 Å². The summed E-state index contributed by atoms with van der Waals surface area (Å²) in [7, 11) is 3.28. The summed E-state index contributed by atoms with van der Waals surface area (Å²) in [5, 5.41) is 45.4. The smallest absolute Gasteiger partial charge is 0.251 e. The van der Waals surface area contributed by atoms with Gasteiger partial charge in [0.1, 0.15) is 18.3 Å². The average molecular weight is 649 g/mol. The van der Waals surface area contributed by atoms with Crippen molar-refractivity contribution in [1.29, 1.82) is 0 Å². The maximum absolute atomic E-state index is 13.3. The molecule has 0 spiro atoms. The van der Waals surface area contributed by atoms with Gasteiger partial charge in [0, 0.05) is 17.7 Å². The van der Waals surface area contributed by atoms with Crippen molar-refractivity contribution in [1.82, 2.24) is 21.3 Å². The second-order valence-corrected chi connectivity index (χ2v) is 13.1. The number of fused-ring (bicyclic) bond motifs is 2. The molecule has 0 aromatic heterocycles. The summed E-state index contributed by atoms with van der Waals surface area (Å²) in [4.78, 5) is 26.0. The number of likely N-dealkylation sites (N-methyl/N-ethyl adjacent to an activating group) is 2. The molecule has 0 radical (unpaired) electrons. The maximum Gasteiger partial charge on any atom is 0.251 e. The van der Waals surface area contributed by atoms with Gasteiger partial charge in [-0.1, -0.05) is 64.7 Å². The summed E-state index contributed by atoms with van der Waals surface area (Å²) in [6.45, 7) is 4.64. The van der Waals surface area contributed by atoms with Crippen molar-refractivity contribution in [2.75, 3.05) is 20.6 Å². The second-order valence-electron chi connectivity index (χ2n) is 13.1. The minimum absolute atomic E-state index is 0.183. The van der Waals surface area contributed by atoms with Crippen LogP contribution in [0.5, 0.6) is 0 Å². The van der Waals surface area contributed by atoms with Crippen LogP contribution in [0.25, 0.3) is 0 Å². The third-order valence-electron chi connectivity index (χ3n) is 9.68. The minimum atomic E-state index is -2.08. The lowest BCUT2D eigenvalue weighted by atomic mass is 9.79. The summed E-state index contributed by atoms with van der Waals surface area (Å²) in [6, 6.07) is 4.06. The standard InChI is InChI=1S/C34H56N4O8/c1-5-6-7-8-9-10-11-12-13-14-19-37-31(41)22-15-17-23(18-16-22)32(42)38-24-20-21(2)44-33-34(24,43)46-29-26(36-4)27(39)25(35-3)28(40)30(29)45-33/h15-18,21,24-30,33,35-36,39-40,43H,5-14,19-20H2,1-4H3,(H,37,41)(H,38,42)/t21-,24-,25-,26+,27+,28+,29-,30-,33+,34+/m1/s1. The first-order chi connectivity index (χ1) is 22.1. The fourth-order valence-corrected chi connectivity index (χ4v) is 6.95. The Morgan fingerprint density at radius 2 is 1.37 bits per heavy atom. The number of hydrogen-bond donors (Lipinski definition) is 7. The van der Waals surface area contributed by atoms with Crippen molar-refractivity contribution in [2.24, 2.45) is 0 Å². The summed E-state index contributed by atoms with van der Waals surface area (Å²) in [6.07, 6.45) is 6.85. The highest BCUT2D eigenvalue weighted by atomic mass is 16.8. The van der Waals surface area contributed by atoms with Crippen molar-refractivity contribution in [3.05, 3.63) is 35.4 Å². The van der Waals surface area contributed by atoms with Crippen LogP contribution in [0, 0.1) is 0 Å². The van der Waals surface area contributed by atoms with E-state index in [0.29, 0.717) is 17.7 Å². The highest BCUT2D eigenvalue weighted by Crippen LogP contribution is 2.42. The maximum atomic E-state index is 13.3. The van der Waals surface area contributed by atoms with E-state index in [9.17, 15) is 24.9 Å². The lowest BCUT2D eigenvalue weighted by Gasteiger charge is -2.58. The van der Waals surface area contributed by atoms with E-state index < -0.39 is 66.6 Å². The first-order valence-electron chi connectivity index (χ1n) is 17.3. The van der Waals surface area contributed by atoms with Gasteiger partial charge in [0.15, 0.2) is 0 Å². The number of aliphatic hydroxyl groups is 3. The number of carbonyl (C=O) groups is 2. The van der Waals surface area contributed by atoms with E-state index in [4.69, 9.17) is 14.2 Å². The number of benzene rings is 1. The summed E-state index contributed by atoms with van der Waals surface area (Å²) in [5.41, 5.74) is 0.776. The van der Waals surface area contributed by atoms with Crippen molar-refractivity contribution in [3.63, 3.8) is 0 Å². The lowest BCUT2D eigenvalue weighted by molar-refractivity contribution is -0.448. The van der Waals surface area contributed by atoms with E-state index in [2.05, 4.69) is 28.2 Å². The molecule has 1 aromatic rings. The Bertz CT molecular complexity index is 1110. The van der Waals surface area contributed by atoms with Crippen LogP contribution in [0.15, 0.2) is 24.3 Å². The van der Waals surface area contributed by atoms with Gasteiger partial charge in [-0.25, -0.2) is 0 Å². The van der Waals surface area contributed by atoms with E-state index in [0.717, 1.165) is 12.8 Å². The Morgan fingerprint density at radius 3 is 1.96 bits per heavy atom. The first kappa shape index (κ1) is 36.7. The number of hydrogen-bond acceptors (Lipinski definition) is 10. The number of ether oxygens (including phenoxy) is 3. The van der Waals surface area contributed by atoms with Crippen molar-refractivity contribution < 1.29 is 39.1 Å². The molecule has 1 saturated carbocycles. The largest absolute Gasteiger partial charge is 0.390 e. The highest BCUT2D eigenvalue weighted by molar-refractivity contribution is 5.97. The van der Waals surface area contributed by atoms with Crippen molar-refractivity contribution >= 4 is 11.8 Å². The van der Waals surface area contributed by atoms with Crippen LogP contribution in [-0.4, -0.2) is 108 Å². The molecule has 10 atom stereocenters. The minimum Gasteiger partial charge on any atom is -0.390 e. The number of rotatable bonds is 16. The van der Waals surface area contributed by atoms with Crippen molar-refractivity contribution in [2.45, 2.75) is 145 Å². The van der Waals surface area contributed by atoms with Gasteiger partial charge in [-0.2, -0.15) is 0 Å². The molecule has 3 aliphatic rings. The zero-order valence-corrected chi connectivity index (χ0v) is 27.9. The van der Waals surface area contributed by atoms with Crippen LogP contribution >= 0.6 is 0 Å². The van der Waals surface area contributed by atoms with Gasteiger partial charge < -0.3 is 50.8 Å². The van der Waals surface area contributed by atoms with Crippen LogP contribution in [0.1, 0.15) is 105 Å². The molecule has 1 aromatic carbocycles. The van der Waals surface area contributed by atoms with Gasteiger partial charge >= 0.3 is 0 Å². The summed E-state index contributed by atoms with van der Waals surface area (Å²) >= 11 is 0. The van der Waals surface area contributed by atoms with Crippen LogP contribution in [-0.2, 0) is 14.2 Å². The third-order valence-corrected chi connectivity index (χ3v) is 9.68. The normalized spacial score (nSPS) is 33.9. The summed E-state index contributed by atoms with van der Waals surface area (Å²) < 4.78 is 18.2. The number of carbonyl (C=O) groups excluding carboxylic acids is 2. The van der Waals surface area contributed by atoms with Gasteiger partial charge in [0.05, 0.1) is 30.3 Å². The Kier molecular flexibility index (Phi) is 13.8. The summed E-state index contributed by atoms with van der Waals surface area (Å²) in [5.74, 6) is -2.73. The third kappa shape index (κ3) is 8.65. The highest BCUT2D eigenvalue weighted by Gasteiger charge is 2.63. The molecule has 3 fully saturated rings. The number of amides is 2. The topological polar surface area (TPSA) is 171 Å². The molecule has 2 amide bonds. The zero-order chi connectivity index (χ0) is 33.3. The average Bonchev–Trinajstić information content (AvgIpc) is 3.04. The molecule has 2 heterocycles. The molecule has 1 aliphatic carbocycles. The van der Waals surface area contributed by atoms with Crippen LogP contribution in [0.2, 0.25) is 0 Å². The first-order valence-corrected chi connectivity index (χ1v) is 17.3. The Morgan fingerprint density at radius 1 is 0.804 bits per heavy atom. The monoisotopic (exact) mass is 648 g/mol. The Labute approximate surface area is 273 Å². The van der Waals surface area contributed by atoms with Gasteiger partial charge in [-0.3, -0.25) is 9.59 Å². The molecular weight excluding hydrogens is 592 g/mol. The van der Waals surface area contributed by atoms with Crippen molar-refractivity contribution in [3.8, 4) is 0 Å². The molecule has 2 aliphatic heterocycles. The molecule has 2 saturated heterocycles. The number of aliphatic hydroxyl groups excluding tert-OH is 2. The van der Waals surface area contributed by atoms with Gasteiger partial charge in [0.25, 0.3) is 11.8 Å². The molecular formula is C34H56N4O8. The molecule has 260 valence electrons. The molecule has 12 heteroatoms. The van der Waals surface area contributed by atoms with Gasteiger partial charge in [-0.15, -0.1) is 0 Å². The second kappa shape index (κ2) is 17.3. The number of nitrogens with one attached hydrogen (secondary N) is 4. The van der Waals surface area contributed by atoms with Crippen LogP contribution in [0.4, 0.5) is 0 Å². The predicted molar refractivity (Wildman–Crippen MR) is 173 cm³/mol. The van der Waals surface area contributed by atoms with Crippen LogP contribution < -0.4 is 21.3 Å².